The summed E-state index contributed by atoms with van der Waals surface area (Å²) in [6, 6.07) is 27.5. The fraction of sp³-hybridized carbons (Fsp3) is 0.156. The third kappa shape index (κ3) is 4.87. The molecule has 0 fully saturated rings. The molecule has 4 aromatic rings. The van der Waals surface area contributed by atoms with Crippen LogP contribution in [0.3, 0.4) is 0 Å². The number of carbonyl (C=O) groups excluding carboxylic acids is 3. The molecule has 0 bridgehead atoms. The summed E-state index contributed by atoms with van der Waals surface area (Å²) >= 11 is 0. The number of esters is 1. The first-order chi connectivity index (χ1) is 19.5. The zero-order chi connectivity index (χ0) is 28.2. The molecule has 8 nitrogen and oxygen atoms in total. The maximum Gasteiger partial charge on any atom is 0.339 e. The van der Waals surface area contributed by atoms with Crippen molar-refractivity contribution in [3.63, 3.8) is 0 Å². The molecule has 4 aromatic carbocycles. The van der Waals surface area contributed by atoms with Crippen molar-refractivity contribution in [1.29, 1.82) is 0 Å². The van der Waals surface area contributed by atoms with Gasteiger partial charge < -0.3 is 19.5 Å². The summed E-state index contributed by atoms with van der Waals surface area (Å²) in [6.45, 7) is 0. The Morgan fingerprint density at radius 3 is 2.00 bits per heavy atom. The summed E-state index contributed by atoms with van der Waals surface area (Å²) in [5, 5.41) is 2.94. The molecule has 1 N–H and O–H groups in total. The Kier molecular flexibility index (Phi) is 7.50. The van der Waals surface area contributed by atoms with Gasteiger partial charge in [0.25, 0.3) is 5.91 Å². The third-order valence-electron chi connectivity index (χ3n) is 7.02. The number of hydrogen-bond acceptors (Lipinski definition) is 6. The van der Waals surface area contributed by atoms with E-state index < -0.39 is 17.9 Å². The molecule has 8 heteroatoms. The minimum Gasteiger partial charge on any atom is -0.497 e. The third-order valence-corrected chi connectivity index (χ3v) is 7.02. The fourth-order valence-corrected chi connectivity index (χ4v) is 5.08. The van der Waals surface area contributed by atoms with E-state index in [1.54, 1.807) is 98.0 Å². The first kappa shape index (κ1) is 26.5. The number of hydrogen-bond donors (Lipinski definition) is 1. The zero-order valence-electron chi connectivity index (χ0n) is 22.3. The van der Waals surface area contributed by atoms with E-state index in [2.05, 4.69) is 5.32 Å². The van der Waals surface area contributed by atoms with Crippen molar-refractivity contribution >= 4 is 29.2 Å². The number of nitrogens with zero attached hydrogens (tertiary/aromatic N) is 1. The van der Waals surface area contributed by atoms with Gasteiger partial charge >= 0.3 is 5.97 Å². The predicted molar refractivity (Wildman–Crippen MR) is 151 cm³/mol. The number of methoxy groups -OCH3 is 3. The molecular formula is C32H28N2O6. The van der Waals surface area contributed by atoms with Gasteiger partial charge in [-0.1, -0.05) is 42.5 Å². The molecule has 5 rings (SSSR count). The molecule has 0 saturated heterocycles. The number of para-hydroxylation sites is 1. The standard InChI is InChI=1S/C32H28N2O6/c1-38-22-16-12-20(13-17-22)29-28(30(35)33-27-11-7-6-10-26(27)32(37)40-3)24-8-4-5-9-25(24)31(36)34(29)21-14-18-23(39-2)19-15-21/h4-19,28-29H,1-3H3,(H,33,35)/t28-,29+/m1/s1. The van der Waals surface area contributed by atoms with E-state index >= 15 is 0 Å². The lowest BCUT2D eigenvalue weighted by Gasteiger charge is -2.42. The quantitative estimate of drug-likeness (QED) is 0.309. The van der Waals surface area contributed by atoms with Crippen molar-refractivity contribution in [3.05, 3.63) is 119 Å². The fourth-order valence-electron chi connectivity index (χ4n) is 5.08. The Hall–Kier alpha value is -5.11. The highest BCUT2D eigenvalue weighted by atomic mass is 16.5. The zero-order valence-corrected chi connectivity index (χ0v) is 22.3. The van der Waals surface area contributed by atoms with E-state index in [1.807, 2.05) is 18.2 Å². The van der Waals surface area contributed by atoms with Crippen LogP contribution in [0.4, 0.5) is 11.4 Å². The number of amides is 2. The highest BCUT2D eigenvalue weighted by Crippen LogP contribution is 2.46. The number of anilines is 2. The maximum atomic E-state index is 14.2. The van der Waals surface area contributed by atoms with Gasteiger partial charge in [0.15, 0.2) is 0 Å². The van der Waals surface area contributed by atoms with Gasteiger partial charge in [0.05, 0.1) is 44.5 Å². The van der Waals surface area contributed by atoms with Crippen molar-refractivity contribution in [1.82, 2.24) is 0 Å². The van der Waals surface area contributed by atoms with Crippen LogP contribution in [0, 0.1) is 0 Å². The lowest BCUT2D eigenvalue weighted by Crippen LogP contribution is -2.46. The number of rotatable bonds is 7. The number of nitrogens with one attached hydrogen (secondary N) is 1. The number of ether oxygens (including phenoxy) is 3. The molecule has 40 heavy (non-hydrogen) atoms. The van der Waals surface area contributed by atoms with Gasteiger partial charge in [0.1, 0.15) is 11.5 Å². The topological polar surface area (TPSA) is 94.2 Å². The van der Waals surface area contributed by atoms with E-state index in [-0.39, 0.29) is 17.4 Å². The SMILES string of the molecule is COC(=O)c1ccccc1NC(=O)[C@@H]1c2ccccc2C(=O)N(c2ccc(OC)cc2)[C@H]1c1ccc(OC)cc1. The molecule has 202 valence electrons. The lowest BCUT2D eigenvalue weighted by atomic mass is 9.78. The average Bonchev–Trinajstić information content (AvgIpc) is 3.01. The van der Waals surface area contributed by atoms with Gasteiger partial charge in [-0.15, -0.1) is 0 Å². The molecule has 1 aliphatic heterocycles. The van der Waals surface area contributed by atoms with Gasteiger partial charge in [-0.05, 0) is 65.7 Å². The van der Waals surface area contributed by atoms with Crippen LogP contribution in [0.5, 0.6) is 11.5 Å². The molecule has 1 aliphatic rings. The van der Waals surface area contributed by atoms with Gasteiger partial charge in [0, 0.05) is 11.3 Å². The summed E-state index contributed by atoms with van der Waals surface area (Å²) < 4.78 is 15.6. The van der Waals surface area contributed by atoms with Crippen LogP contribution in [0.15, 0.2) is 97.1 Å². The average molecular weight is 537 g/mol. The van der Waals surface area contributed by atoms with Crippen LogP contribution in [-0.2, 0) is 9.53 Å². The summed E-state index contributed by atoms with van der Waals surface area (Å²) in [4.78, 5) is 42.4. The van der Waals surface area contributed by atoms with Crippen molar-refractivity contribution < 1.29 is 28.6 Å². The normalized spacial score (nSPS) is 16.1. The van der Waals surface area contributed by atoms with Crippen LogP contribution >= 0.6 is 0 Å². The second-order valence-electron chi connectivity index (χ2n) is 9.18. The van der Waals surface area contributed by atoms with Crippen LogP contribution in [0.25, 0.3) is 0 Å². The Bertz CT molecular complexity index is 1550. The molecule has 0 radical (unpaired) electrons. The maximum absolute atomic E-state index is 14.2. The highest BCUT2D eigenvalue weighted by Gasteiger charge is 2.45. The predicted octanol–water partition coefficient (Wildman–Crippen LogP) is 5.61. The number of benzene rings is 4. The molecule has 1 heterocycles. The van der Waals surface area contributed by atoms with Crippen LogP contribution in [-0.4, -0.2) is 39.1 Å². The van der Waals surface area contributed by atoms with Crippen molar-refractivity contribution in [2.75, 3.05) is 31.5 Å². The van der Waals surface area contributed by atoms with Gasteiger partial charge in [0.2, 0.25) is 5.91 Å². The van der Waals surface area contributed by atoms with Crippen molar-refractivity contribution in [2.24, 2.45) is 0 Å². The van der Waals surface area contributed by atoms with Gasteiger partial charge in [-0.25, -0.2) is 4.79 Å². The van der Waals surface area contributed by atoms with Crippen molar-refractivity contribution in [3.8, 4) is 11.5 Å². The lowest BCUT2D eigenvalue weighted by molar-refractivity contribution is -0.118. The first-order valence-electron chi connectivity index (χ1n) is 12.7. The highest BCUT2D eigenvalue weighted by molar-refractivity contribution is 6.13. The summed E-state index contributed by atoms with van der Waals surface area (Å²) in [5.41, 5.74) is 2.90. The summed E-state index contributed by atoms with van der Waals surface area (Å²) in [5.74, 6) is -0.716. The molecule has 0 aliphatic carbocycles. The smallest absolute Gasteiger partial charge is 0.339 e. The minimum absolute atomic E-state index is 0.228. The number of carbonyl (C=O) groups is 3. The van der Waals surface area contributed by atoms with E-state index in [0.717, 1.165) is 5.56 Å². The minimum atomic E-state index is -0.824. The molecule has 0 unspecified atom stereocenters. The van der Waals surface area contributed by atoms with Gasteiger partial charge in [-0.3, -0.25) is 14.5 Å². The first-order valence-corrected chi connectivity index (χ1v) is 12.7. The molecular weight excluding hydrogens is 508 g/mol. The van der Waals surface area contributed by atoms with E-state index in [0.29, 0.717) is 34.0 Å². The Morgan fingerprint density at radius 1 is 0.750 bits per heavy atom. The summed E-state index contributed by atoms with van der Waals surface area (Å²) in [7, 11) is 4.44. The molecule has 0 spiro atoms. The van der Waals surface area contributed by atoms with Crippen molar-refractivity contribution in [2.45, 2.75) is 12.0 Å². The monoisotopic (exact) mass is 536 g/mol. The van der Waals surface area contributed by atoms with Gasteiger partial charge in [-0.2, -0.15) is 0 Å². The Labute approximate surface area is 232 Å². The van der Waals surface area contributed by atoms with E-state index in [4.69, 9.17) is 14.2 Å². The second kappa shape index (κ2) is 11.3. The van der Waals surface area contributed by atoms with Crippen LogP contribution in [0.2, 0.25) is 0 Å². The second-order valence-corrected chi connectivity index (χ2v) is 9.18. The van der Waals surface area contributed by atoms with Crippen LogP contribution < -0.4 is 19.7 Å². The van der Waals surface area contributed by atoms with E-state index in [1.165, 1.54) is 7.11 Å². The van der Waals surface area contributed by atoms with E-state index in [9.17, 15) is 14.4 Å². The molecule has 2 atom stereocenters. The summed E-state index contributed by atoms with van der Waals surface area (Å²) in [6.07, 6.45) is 0. The van der Waals surface area contributed by atoms with Crippen LogP contribution in [0.1, 0.15) is 43.8 Å². The largest absolute Gasteiger partial charge is 0.497 e. The Morgan fingerprint density at radius 2 is 1.35 bits per heavy atom. The molecule has 0 aromatic heterocycles. The molecule has 0 saturated carbocycles. The Balaban J connectivity index is 1.68. The molecule has 2 amide bonds. The number of fused-ring (bicyclic) bond motifs is 1.